The van der Waals surface area contributed by atoms with Crippen LogP contribution in [0, 0.1) is 0 Å². The molecular formula is C17H20O6S. The Hall–Kier alpha value is -2.02. The van der Waals surface area contributed by atoms with Gasteiger partial charge in [0.15, 0.2) is 11.5 Å². The molecule has 7 heteroatoms. The summed E-state index contributed by atoms with van der Waals surface area (Å²) in [5.74, 6) is 0.312. The Balaban J connectivity index is 2.24. The second kappa shape index (κ2) is 6.47. The highest BCUT2D eigenvalue weighted by molar-refractivity contribution is 7.86. The molecule has 1 aromatic heterocycles. The van der Waals surface area contributed by atoms with Crippen LogP contribution in [0.25, 0.3) is 11.0 Å². The number of hydrogen-bond donors (Lipinski definition) is 0. The van der Waals surface area contributed by atoms with Crippen molar-refractivity contribution in [3.8, 4) is 11.5 Å². The van der Waals surface area contributed by atoms with E-state index < -0.39 is 10.1 Å². The van der Waals surface area contributed by atoms with Gasteiger partial charge in [-0.15, -0.1) is 0 Å². The molecule has 2 aromatic rings. The van der Waals surface area contributed by atoms with Crippen molar-refractivity contribution in [2.24, 2.45) is 0 Å². The fourth-order valence-electron chi connectivity index (χ4n) is 3.19. The van der Waals surface area contributed by atoms with Gasteiger partial charge in [0, 0.05) is 17.0 Å². The van der Waals surface area contributed by atoms with Gasteiger partial charge in [-0.2, -0.15) is 8.42 Å². The Morgan fingerprint density at radius 1 is 1.00 bits per heavy atom. The Bertz CT molecular complexity index is 926. The molecule has 0 aliphatic heterocycles. The lowest BCUT2D eigenvalue weighted by atomic mass is 9.92. The molecule has 0 saturated carbocycles. The van der Waals surface area contributed by atoms with E-state index in [1.807, 2.05) is 0 Å². The van der Waals surface area contributed by atoms with Gasteiger partial charge in [-0.1, -0.05) is 12.8 Å². The van der Waals surface area contributed by atoms with Gasteiger partial charge in [0.2, 0.25) is 0 Å². The molecule has 0 amide bonds. The van der Waals surface area contributed by atoms with Crippen LogP contribution in [0.2, 0.25) is 0 Å². The van der Waals surface area contributed by atoms with Gasteiger partial charge in [0.05, 0.1) is 13.4 Å². The fraction of sp³-hybridized carbons (Fsp3) is 0.471. The molecular weight excluding hydrogens is 332 g/mol. The van der Waals surface area contributed by atoms with Crippen molar-refractivity contribution in [3.05, 3.63) is 33.7 Å². The smallest absolute Gasteiger partial charge is 0.339 e. The van der Waals surface area contributed by atoms with E-state index in [2.05, 4.69) is 0 Å². The predicted molar refractivity (Wildman–Crippen MR) is 90.4 cm³/mol. The van der Waals surface area contributed by atoms with Gasteiger partial charge in [-0.25, -0.2) is 4.79 Å². The van der Waals surface area contributed by atoms with Crippen molar-refractivity contribution in [2.45, 2.75) is 38.5 Å². The van der Waals surface area contributed by atoms with E-state index in [1.165, 1.54) is 13.2 Å². The average Bonchev–Trinajstić information content (AvgIpc) is 2.45. The number of ether oxygens (including phenoxy) is 1. The number of benzene rings is 1. The molecule has 0 unspecified atom stereocenters. The van der Waals surface area contributed by atoms with Crippen molar-refractivity contribution in [1.29, 1.82) is 0 Å². The molecule has 0 bridgehead atoms. The highest BCUT2D eigenvalue weighted by Gasteiger charge is 2.20. The van der Waals surface area contributed by atoms with Gasteiger partial charge < -0.3 is 13.3 Å². The molecule has 1 heterocycles. The summed E-state index contributed by atoms with van der Waals surface area (Å²) in [4.78, 5) is 12.3. The zero-order valence-corrected chi connectivity index (χ0v) is 14.6. The van der Waals surface area contributed by atoms with Crippen LogP contribution in [-0.2, 0) is 23.0 Å². The Labute approximate surface area is 140 Å². The number of hydrogen-bond acceptors (Lipinski definition) is 6. The van der Waals surface area contributed by atoms with Gasteiger partial charge in [-0.3, -0.25) is 0 Å². The summed E-state index contributed by atoms with van der Waals surface area (Å²) in [5.41, 5.74) is 1.67. The minimum Gasteiger partial charge on any atom is -0.493 e. The molecule has 0 N–H and O–H groups in total. The third-order valence-corrected chi connectivity index (χ3v) is 4.73. The van der Waals surface area contributed by atoms with Crippen molar-refractivity contribution in [1.82, 2.24) is 0 Å². The third-order valence-electron chi connectivity index (χ3n) is 4.25. The standard InChI is InChI=1S/C17H20O6S/c1-21-15-9-13-11-7-5-3-4-6-8-12(11)17(18)22-14(13)10-16(15)23-24(2,19)20/h9-10H,3-8H2,1-2H3. The van der Waals surface area contributed by atoms with E-state index in [0.29, 0.717) is 17.8 Å². The molecule has 0 saturated heterocycles. The maximum absolute atomic E-state index is 12.3. The Morgan fingerprint density at radius 3 is 2.29 bits per heavy atom. The first-order valence-electron chi connectivity index (χ1n) is 7.95. The SMILES string of the molecule is COc1cc2c3c(c(=O)oc2cc1OS(C)(=O)=O)CCCCCC3. The summed E-state index contributed by atoms with van der Waals surface area (Å²) < 4.78 is 38.5. The number of aryl methyl sites for hydroxylation is 1. The maximum atomic E-state index is 12.3. The molecule has 0 fully saturated rings. The zero-order chi connectivity index (χ0) is 17.3. The molecule has 24 heavy (non-hydrogen) atoms. The molecule has 1 aliphatic rings. The van der Waals surface area contributed by atoms with Crippen molar-refractivity contribution >= 4 is 21.1 Å². The Kier molecular flexibility index (Phi) is 4.54. The van der Waals surface area contributed by atoms with Crippen molar-refractivity contribution in [3.63, 3.8) is 0 Å². The molecule has 0 radical (unpaired) electrons. The lowest BCUT2D eigenvalue weighted by molar-refractivity contribution is 0.391. The van der Waals surface area contributed by atoms with Crippen LogP contribution in [0.15, 0.2) is 21.3 Å². The lowest BCUT2D eigenvalue weighted by Gasteiger charge is -2.16. The first-order valence-corrected chi connectivity index (χ1v) is 9.77. The molecule has 0 spiro atoms. The molecule has 1 aromatic carbocycles. The largest absolute Gasteiger partial charge is 0.493 e. The topological polar surface area (TPSA) is 82.8 Å². The number of methoxy groups -OCH3 is 1. The summed E-state index contributed by atoms with van der Waals surface area (Å²) in [5, 5.41) is 0.782. The third kappa shape index (κ3) is 3.40. The van der Waals surface area contributed by atoms with Gasteiger partial charge in [0.25, 0.3) is 0 Å². The van der Waals surface area contributed by atoms with Gasteiger partial charge in [0.1, 0.15) is 5.58 Å². The van der Waals surface area contributed by atoms with Crippen LogP contribution < -0.4 is 14.5 Å². The van der Waals surface area contributed by atoms with Crippen LogP contribution in [0.3, 0.4) is 0 Å². The second-order valence-corrected chi connectivity index (χ2v) is 7.62. The zero-order valence-electron chi connectivity index (χ0n) is 13.8. The summed E-state index contributed by atoms with van der Waals surface area (Å²) in [7, 11) is -2.27. The summed E-state index contributed by atoms with van der Waals surface area (Å²) in [6.07, 6.45) is 6.68. The average molecular weight is 352 g/mol. The van der Waals surface area contributed by atoms with Crippen LogP contribution in [0.5, 0.6) is 11.5 Å². The van der Waals surface area contributed by atoms with Crippen molar-refractivity contribution in [2.75, 3.05) is 13.4 Å². The summed E-state index contributed by atoms with van der Waals surface area (Å²) in [6.45, 7) is 0. The normalized spacial score (nSPS) is 15.4. The van der Waals surface area contributed by atoms with E-state index in [1.54, 1.807) is 6.07 Å². The Morgan fingerprint density at radius 2 is 1.67 bits per heavy atom. The molecule has 0 atom stereocenters. The summed E-state index contributed by atoms with van der Waals surface area (Å²) >= 11 is 0. The van der Waals surface area contributed by atoms with Crippen LogP contribution in [0.1, 0.15) is 36.8 Å². The van der Waals surface area contributed by atoms with Crippen LogP contribution in [-0.4, -0.2) is 21.8 Å². The first-order chi connectivity index (χ1) is 11.4. The van der Waals surface area contributed by atoms with Crippen LogP contribution >= 0.6 is 0 Å². The van der Waals surface area contributed by atoms with E-state index in [4.69, 9.17) is 13.3 Å². The fourth-order valence-corrected chi connectivity index (χ4v) is 3.65. The second-order valence-electron chi connectivity index (χ2n) is 6.05. The predicted octanol–water partition coefficient (Wildman–Crippen LogP) is 2.80. The minimum atomic E-state index is -3.72. The van der Waals surface area contributed by atoms with E-state index in [-0.39, 0.29) is 11.4 Å². The quantitative estimate of drug-likeness (QED) is 0.624. The lowest BCUT2D eigenvalue weighted by Crippen LogP contribution is -2.14. The molecule has 3 rings (SSSR count). The summed E-state index contributed by atoms with van der Waals surface area (Å²) in [6, 6.07) is 3.11. The van der Waals surface area contributed by atoms with Crippen LogP contribution in [0.4, 0.5) is 0 Å². The highest BCUT2D eigenvalue weighted by Crippen LogP contribution is 2.36. The van der Waals surface area contributed by atoms with Gasteiger partial charge in [-0.05, 0) is 37.3 Å². The molecule has 1 aliphatic carbocycles. The maximum Gasteiger partial charge on any atom is 0.339 e. The number of rotatable bonds is 3. The van der Waals surface area contributed by atoms with E-state index in [0.717, 1.165) is 54.9 Å². The number of fused-ring (bicyclic) bond motifs is 3. The molecule has 6 nitrogen and oxygen atoms in total. The minimum absolute atomic E-state index is 0.0152. The first kappa shape index (κ1) is 16.8. The van der Waals surface area contributed by atoms with E-state index >= 15 is 0 Å². The monoisotopic (exact) mass is 352 g/mol. The van der Waals surface area contributed by atoms with E-state index in [9.17, 15) is 13.2 Å². The highest BCUT2D eigenvalue weighted by atomic mass is 32.2. The van der Waals surface area contributed by atoms with Gasteiger partial charge >= 0.3 is 15.7 Å². The van der Waals surface area contributed by atoms with Crippen molar-refractivity contribution < 1.29 is 21.8 Å². The molecule has 130 valence electrons.